The molecule has 1 radical (unpaired) electrons. The molecular formula is C12H16NO. The lowest BCUT2D eigenvalue weighted by atomic mass is 10.1. The molecule has 0 aliphatic carbocycles. The summed E-state index contributed by atoms with van der Waals surface area (Å²) in [7, 11) is 0. The zero-order chi connectivity index (χ0) is 9.97. The van der Waals surface area contributed by atoms with Crippen LogP contribution in [0.25, 0.3) is 0 Å². The highest BCUT2D eigenvalue weighted by atomic mass is 16.3. The molecule has 1 heterocycles. The summed E-state index contributed by atoms with van der Waals surface area (Å²) < 4.78 is 0. The van der Waals surface area contributed by atoms with Crippen LogP contribution in [0.15, 0.2) is 24.3 Å². The summed E-state index contributed by atoms with van der Waals surface area (Å²) in [6.07, 6.45) is 1.97. The number of aliphatic hydroxyl groups is 1. The molecule has 0 amide bonds. The van der Waals surface area contributed by atoms with Crippen LogP contribution in [0.4, 0.5) is 5.69 Å². The Kier molecular flexibility index (Phi) is 2.73. The number of hydrogen-bond acceptors (Lipinski definition) is 2. The van der Waals surface area contributed by atoms with Gasteiger partial charge in [0.15, 0.2) is 0 Å². The van der Waals surface area contributed by atoms with Crippen molar-refractivity contribution in [2.24, 2.45) is 0 Å². The van der Waals surface area contributed by atoms with Gasteiger partial charge in [-0.15, -0.1) is 0 Å². The van der Waals surface area contributed by atoms with Gasteiger partial charge in [-0.2, -0.15) is 0 Å². The van der Waals surface area contributed by atoms with E-state index in [0.29, 0.717) is 0 Å². The van der Waals surface area contributed by atoms with E-state index in [4.69, 9.17) is 0 Å². The molecule has 1 aliphatic heterocycles. The minimum atomic E-state index is -0.609. The summed E-state index contributed by atoms with van der Waals surface area (Å²) in [5.41, 5.74) is 2.14. The molecule has 2 nitrogen and oxygen atoms in total. The van der Waals surface area contributed by atoms with Crippen molar-refractivity contribution < 1.29 is 5.11 Å². The van der Waals surface area contributed by atoms with E-state index < -0.39 is 6.10 Å². The highest BCUT2D eigenvalue weighted by Crippen LogP contribution is 2.22. The minimum Gasteiger partial charge on any atom is -0.388 e. The average molecular weight is 190 g/mol. The molecule has 0 aromatic heterocycles. The van der Waals surface area contributed by atoms with Crippen molar-refractivity contribution in [2.45, 2.75) is 18.9 Å². The number of rotatable bonds is 2. The first-order valence-corrected chi connectivity index (χ1v) is 5.13. The smallest absolute Gasteiger partial charge is 0.0791 e. The second-order valence-corrected chi connectivity index (χ2v) is 3.80. The second kappa shape index (κ2) is 4.01. The number of nitrogens with zero attached hydrogens (tertiary/aromatic N) is 1. The zero-order valence-corrected chi connectivity index (χ0v) is 8.32. The first kappa shape index (κ1) is 9.53. The lowest BCUT2D eigenvalue weighted by molar-refractivity contribution is 0.226. The average Bonchev–Trinajstić information content (AvgIpc) is 2.71. The Morgan fingerprint density at radius 1 is 1.14 bits per heavy atom. The molecule has 14 heavy (non-hydrogen) atoms. The van der Waals surface area contributed by atoms with Crippen LogP contribution in [0.5, 0.6) is 0 Å². The van der Waals surface area contributed by atoms with E-state index in [0.717, 1.165) is 18.7 Å². The van der Waals surface area contributed by atoms with Gasteiger partial charge in [-0.25, -0.2) is 0 Å². The molecule has 1 aromatic carbocycles. The standard InChI is InChI=1S/C12H16NO/c1-10(14)11-4-6-12(7-5-11)13-8-2-3-9-13/h4-7,10,14H,1-3,8-9H2. The molecule has 1 saturated heterocycles. The molecule has 1 aromatic rings. The van der Waals surface area contributed by atoms with Crippen molar-refractivity contribution in [3.63, 3.8) is 0 Å². The molecule has 1 N–H and O–H groups in total. The van der Waals surface area contributed by atoms with Crippen molar-refractivity contribution in [3.8, 4) is 0 Å². The van der Waals surface area contributed by atoms with Crippen LogP contribution in [0.1, 0.15) is 24.5 Å². The van der Waals surface area contributed by atoms with Crippen LogP contribution < -0.4 is 4.90 Å². The van der Waals surface area contributed by atoms with Gasteiger partial charge in [0.25, 0.3) is 0 Å². The Balaban J connectivity index is 2.12. The van der Waals surface area contributed by atoms with Gasteiger partial charge in [-0.3, -0.25) is 0 Å². The topological polar surface area (TPSA) is 23.5 Å². The summed E-state index contributed by atoms with van der Waals surface area (Å²) >= 11 is 0. The van der Waals surface area contributed by atoms with Crippen LogP contribution in [0.3, 0.4) is 0 Å². The van der Waals surface area contributed by atoms with E-state index >= 15 is 0 Å². The number of benzene rings is 1. The number of aliphatic hydroxyl groups excluding tert-OH is 1. The van der Waals surface area contributed by atoms with Crippen molar-refractivity contribution >= 4 is 5.69 Å². The lowest BCUT2D eigenvalue weighted by Crippen LogP contribution is -2.17. The fraction of sp³-hybridized carbons (Fsp3) is 0.417. The minimum absolute atomic E-state index is 0.609. The van der Waals surface area contributed by atoms with Crippen molar-refractivity contribution in [2.75, 3.05) is 18.0 Å². The van der Waals surface area contributed by atoms with Crippen LogP contribution in [0, 0.1) is 6.92 Å². The van der Waals surface area contributed by atoms with Crippen LogP contribution in [-0.4, -0.2) is 18.2 Å². The third kappa shape index (κ3) is 1.90. The Morgan fingerprint density at radius 3 is 2.21 bits per heavy atom. The first-order chi connectivity index (χ1) is 6.77. The summed E-state index contributed by atoms with van der Waals surface area (Å²) in [6.45, 7) is 5.90. The van der Waals surface area contributed by atoms with Crippen LogP contribution in [-0.2, 0) is 0 Å². The third-order valence-corrected chi connectivity index (χ3v) is 2.75. The van der Waals surface area contributed by atoms with Gasteiger partial charge in [0, 0.05) is 18.8 Å². The monoisotopic (exact) mass is 190 g/mol. The van der Waals surface area contributed by atoms with E-state index in [1.54, 1.807) is 0 Å². The van der Waals surface area contributed by atoms with E-state index in [1.807, 2.05) is 12.1 Å². The maximum atomic E-state index is 9.26. The molecule has 2 heteroatoms. The molecule has 75 valence electrons. The molecule has 1 unspecified atom stereocenters. The summed E-state index contributed by atoms with van der Waals surface area (Å²) in [6, 6.07) is 8.03. The number of hydrogen-bond donors (Lipinski definition) is 1. The van der Waals surface area contributed by atoms with Gasteiger partial charge >= 0.3 is 0 Å². The zero-order valence-electron chi connectivity index (χ0n) is 8.32. The van der Waals surface area contributed by atoms with Gasteiger partial charge in [0.1, 0.15) is 0 Å². The maximum Gasteiger partial charge on any atom is 0.0791 e. The van der Waals surface area contributed by atoms with Crippen LogP contribution >= 0.6 is 0 Å². The van der Waals surface area contributed by atoms with Gasteiger partial charge in [-0.05, 0) is 37.5 Å². The molecular weight excluding hydrogens is 174 g/mol. The second-order valence-electron chi connectivity index (χ2n) is 3.80. The third-order valence-electron chi connectivity index (χ3n) is 2.75. The highest BCUT2D eigenvalue weighted by Gasteiger charge is 2.12. The normalized spacial score (nSPS) is 18.6. The van der Waals surface area contributed by atoms with Gasteiger partial charge in [0.2, 0.25) is 0 Å². The van der Waals surface area contributed by atoms with E-state index in [2.05, 4.69) is 24.0 Å². The van der Waals surface area contributed by atoms with Gasteiger partial charge < -0.3 is 10.0 Å². The Hall–Kier alpha value is -1.02. The number of anilines is 1. The molecule has 2 rings (SSSR count). The molecule has 1 fully saturated rings. The predicted molar refractivity (Wildman–Crippen MR) is 58.2 cm³/mol. The summed E-state index contributed by atoms with van der Waals surface area (Å²) in [4.78, 5) is 2.37. The predicted octanol–water partition coefficient (Wildman–Crippen LogP) is 2.15. The Morgan fingerprint density at radius 2 is 1.71 bits per heavy atom. The summed E-state index contributed by atoms with van der Waals surface area (Å²) in [5.74, 6) is 0. The van der Waals surface area contributed by atoms with Gasteiger partial charge in [0.05, 0.1) is 6.10 Å². The Labute approximate surface area is 85.2 Å². The lowest BCUT2D eigenvalue weighted by Gasteiger charge is -2.18. The van der Waals surface area contributed by atoms with Crippen molar-refractivity contribution in [1.82, 2.24) is 0 Å². The van der Waals surface area contributed by atoms with Crippen LogP contribution in [0.2, 0.25) is 0 Å². The summed E-state index contributed by atoms with van der Waals surface area (Å²) in [5, 5.41) is 9.26. The molecule has 0 saturated carbocycles. The molecule has 1 atom stereocenters. The first-order valence-electron chi connectivity index (χ1n) is 5.13. The van der Waals surface area contributed by atoms with Crippen molar-refractivity contribution in [3.05, 3.63) is 36.8 Å². The van der Waals surface area contributed by atoms with E-state index in [1.165, 1.54) is 18.5 Å². The fourth-order valence-corrected chi connectivity index (χ4v) is 1.88. The van der Waals surface area contributed by atoms with E-state index in [-0.39, 0.29) is 0 Å². The highest BCUT2D eigenvalue weighted by molar-refractivity contribution is 5.48. The molecule has 0 spiro atoms. The molecule has 0 bridgehead atoms. The Bertz CT molecular complexity index is 286. The quantitative estimate of drug-likeness (QED) is 0.772. The fourth-order valence-electron chi connectivity index (χ4n) is 1.88. The maximum absolute atomic E-state index is 9.26. The molecule has 1 aliphatic rings. The largest absolute Gasteiger partial charge is 0.388 e. The van der Waals surface area contributed by atoms with E-state index in [9.17, 15) is 5.11 Å². The SMILES string of the molecule is [CH2]C(O)c1ccc(N2CCCC2)cc1. The van der Waals surface area contributed by atoms with Gasteiger partial charge in [-0.1, -0.05) is 12.1 Å². The van der Waals surface area contributed by atoms with Crippen molar-refractivity contribution in [1.29, 1.82) is 0 Å².